The van der Waals surface area contributed by atoms with Crippen molar-refractivity contribution >= 4 is 11.6 Å². The second kappa shape index (κ2) is 7.88. The first-order valence-corrected chi connectivity index (χ1v) is 7.62. The van der Waals surface area contributed by atoms with Gasteiger partial charge in [0, 0.05) is 18.2 Å². The van der Waals surface area contributed by atoms with Crippen molar-refractivity contribution in [2.45, 2.75) is 44.6 Å². The van der Waals surface area contributed by atoms with Crippen LogP contribution in [0.3, 0.4) is 0 Å². The van der Waals surface area contributed by atoms with Crippen molar-refractivity contribution in [2.24, 2.45) is 5.92 Å². The zero-order valence-electron chi connectivity index (χ0n) is 11.4. The monoisotopic (exact) mass is 282 g/mol. The predicted molar refractivity (Wildman–Crippen MR) is 78.6 cm³/mol. The van der Waals surface area contributed by atoms with E-state index in [4.69, 9.17) is 16.3 Å². The summed E-state index contributed by atoms with van der Waals surface area (Å²) >= 11 is 5.98. The second-order valence-corrected chi connectivity index (χ2v) is 5.89. The minimum atomic E-state index is 0.248. The minimum absolute atomic E-state index is 0.248. The highest BCUT2D eigenvalue weighted by Crippen LogP contribution is 2.22. The molecule has 1 N–H and O–H groups in total. The number of aliphatic hydroxyl groups excluding tert-OH is 1. The van der Waals surface area contributed by atoms with Crippen LogP contribution in [-0.4, -0.2) is 24.4 Å². The van der Waals surface area contributed by atoms with Crippen LogP contribution in [0.25, 0.3) is 0 Å². The summed E-state index contributed by atoms with van der Waals surface area (Å²) in [7, 11) is 0. The van der Waals surface area contributed by atoms with Crippen molar-refractivity contribution in [3.63, 3.8) is 0 Å². The molecule has 0 spiro atoms. The molecule has 1 aliphatic heterocycles. The Morgan fingerprint density at radius 3 is 3.00 bits per heavy atom. The van der Waals surface area contributed by atoms with Crippen LogP contribution in [0.4, 0.5) is 0 Å². The van der Waals surface area contributed by atoms with Crippen molar-refractivity contribution in [3.05, 3.63) is 34.9 Å². The van der Waals surface area contributed by atoms with Gasteiger partial charge in [0.2, 0.25) is 0 Å². The third-order valence-corrected chi connectivity index (χ3v) is 4.07. The molecule has 0 aliphatic carbocycles. The Morgan fingerprint density at radius 1 is 1.42 bits per heavy atom. The average molecular weight is 283 g/mol. The first kappa shape index (κ1) is 14.8. The Kier molecular flexibility index (Phi) is 6.15. The maximum absolute atomic E-state index is 9.48. The smallest absolute Gasteiger partial charge is 0.0576 e. The van der Waals surface area contributed by atoms with E-state index in [1.807, 2.05) is 18.2 Å². The number of benzene rings is 1. The molecule has 2 unspecified atom stereocenters. The fourth-order valence-electron chi connectivity index (χ4n) is 2.76. The topological polar surface area (TPSA) is 29.5 Å². The van der Waals surface area contributed by atoms with Crippen LogP contribution in [0.2, 0.25) is 5.02 Å². The van der Waals surface area contributed by atoms with Crippen molar-refractivity contribution in [1.29, 1.82) is 0 Å². The standard InChI is InChI=1S/C16H23ClO2/c17-15-6-1-4-13(11-15)10-14(12-18)5-2-7-16-8-3-9-19-16/h1,4,6,11,14,16,18H,2-3,5,7-10,12H2. The molecule has 1 aromatic rings. The summed E-state index contributed by atoms with van der Waals surface area (Å²) in [6.45, 7) is 1.18. The SMILES string of the molecule is OCC(CCCC1CCCO1)Cc1cccc(Cl)c1. The molecule has 106 valence electrons. The lowest BCUT2D eigenvalue weighted by Crippen LogP contribution is -2.12. The molecule has 0 aromatic heterocycles. The fraction of sp³-hybridized carbons (Fsp3) is 0.625. The first-order chi connectivity index (χ1) is 9.28. The average Bonchev–Trinajstić information content (AvgIpc) is 2.91. The van der Waals surface area contributed by atoms with Crippen LogP contribution >= 0.6 is 11.6 Å². The zero-order valence-corrected chi connectivity index (χ0v) is 12.1. The van der Waals surface area contributed by atoms with Gasteiger partial charge in [0.05, 0.1) is 6.10 Å². The van der Waals surface area contributed by atoms with E-state index in [1.165, 1.54) is 18.4 Å². The molecule has 2 atom stereocenters. The number of ether oxygens (including phenoxy) is 1. The molecule has 1 saturated heterocycles. The van der Waals surface area contributed by atoms with E-state index < -0.39 is 0 Å². The van der Waals surface area contributed by atoms with Crippen molar-refractivity contribution in [1.82, 2.24) is 0 Å². The summed E-state index contributed by atoms with van der Waals surface area (Å²) in [6.07, 6.45) is 7.10. The van der Waals surface area contributed by atoms with E-state index in [1.54, 1.807) is 0 Å². The molecule has 2 rings (SSSR count). The number of halogens is 1. The lowest BCUT2D eigenvalue weighted by molar-refractivity contribution is 0.0990. The summed E-state index contributed by atoms with van der Waals surface area (Å²) in [5, 5.41) is 10.3. The van der Waals surface area contributed by atoms with Crippen LogP contribution < -0.4 is 0 Å². The van der Waals surface area contributed by atoms with Gasteiger partial charge in [-0.3, -0.25) is 0 Å². The summed E-state index contributed by atoms with van der Waals surface area (Å²) in [4.78, 5) is 0. The molecule has 19 heavy (non-hydrogen) atoms. The molecule has 0 amide bonds. The summed E-state index contributed by atoms with van der Waals surface area (Å²) in [5.74, 6) is 0.333. The largest absolute Gasteiger partial charge is 0.396 e. The van der Waals surface area contributed by atoms with Gasteiger partial charge in [0.1, 0.15) is 0 Å². The van der Waals surface area contributed by atoms with Crippen LogP contribution in [0.15, 0.2) is 24.3 Å². The number of hydrogen-bond donors (Lipinski definition) is 1. The van der Waals surface area contributed by atoms with E-state index in [9.17, 15) is 5.11 Å². The number of aliphatic hydroxyl groups is 1. The quantitative estimate of drug-likeness (QED) is 0.823. The van der Waals surface area contributed by atoms with Crippen molar-refractivity contribution < 1.29 is 9.84 Å². The molecular formula is C16H23ClO2. The molecule has 0 bridgehead atoms. The number of hydrogen-bond acceptors (Lipinski definition) is 2. The highest BCUT2D eigenvalue weighted by molar-refractivity contribution is 6.30. The molecular weight excluding hydrogens is 260 g/mol. The third-order valence-electron chi connectivity index (χ3n) is 3.83. The normalized spacial score (nSPS) is 20.6. The van der Waals surface area contributed by atoms with E-state index in [0.717, 1.165) is 37.3 Å². The van der Waals surface area contributed by atoms with Crippen LogP contribution in [0.1, 0.15) is 37.7 Å². The third kappa shape index (κ3) is 5.13. The maximum Gasteiger partial charge on any atom is 0.0576 e. The molecule has 0 radical (unpaired) electrons. The highest BCUT2D eigenvalue weighted by atomic mass is 35.5. The lowest BCUT2D eigenvalue weighted by atomic mass is 9.94. The Morgan fingerprint density at radius 2 is 2.32 bits per heavy atom. The van der Waals surface area contributed by atoms with E-state index >= 15 is 0 Å². The van der Waals surface area contributed by atoms with E-state index in [-0.39, 0.29) is 6.61 Å². The minimum Gasteiger partial charge on any atom is -0.396 e. The van der Waals surface area contributed by atoms with Gasteiger partial charge in [-0.25, -0.2) is 0 Å². The summed E-state index contributed by atoms with van der Waals surface area (Å²) in [6, 6.07) is 7.92. The summed E-state index contributed by atoms with van der Waals surface area (Å²) in [5.41, 5.74) is 1.21. The Labute approximate surface area is 120 Å². The first-order valence-electron chi connectivity index (χ1n) is 7.25. The molecule has 1 fully saturated rings. The van der Waals surface area contributed by atoms with Crippen molar-refractivity contribution in [2.75, 3.05) is 13.2 Å². The Bertz CT molecular complexity index is 375. The van der Waals surface area contributed by atoms with Crippen LogP contribution in [-0.2, 0) is 11.2 Å². The zero-order chi connectivity index (χ0) is 13.5. The van der Waals surface area contributed by atoms with Gasteiger partial charge in [-0.15, -0.1) is 0 Å². The molecule has 1 aliphatic rings. The van der Waals surface area contributed by atoms with E-state index in [2.05, 4.69) is 6.07 Å². The Hall–Kier alpha value is -0.570. The maximum atomic E-state index is 9.48. The van der Waals surface area contributed by atoms with Crippen LogP contribution in [0, 0.1) is 5.92 Å². The molecule has 1 aromatic carbocycles. The lowest BCUT2D eigenvalue weighted by Gasteiger charge is -2.15. The molecule has 0 saturated carbocycles. The van der Waals surface area contributed by atoms with Gasteiger partial charge < -0.3 is 9.84 Å². The second-order valence-electron chi connectivity index (χ2n) is 5.45. The van der Waals surface area contributed by atoms with Gasteiger partial charge >= 0.3 is 0 Å². The number of rotatable bonds is 7. The van der Waals surface area contributed by atoms with Crippen molar-refractivity contribution in [3.8, 4) is 0 Å². The highest BCUT2D eigenvalue weighted by Gasteiger charge is 2.16. The van der Waals surface area contributed by atoms with Gasteiger partial charge in [0.15, 0.2) is 0 Å². The van der Waals surface area contributed by atoms with Gasteiger partial charge in [-0.1, -0.05) is 30.2 Å². The van der Waals surface area contributed by atoms with Crippen LogP contribution in [0.5, 0.6) is 0 Å². The molecule has 3 heteroatoms. The van der Waals surface area contributed by atoms with E-state index in [0.29, 0.717) is 12.0 Å². The van der Waals surface area contributed by atoms with Gasteiger partial charge in [0.25, 0.3) is 0 Å². The fourth-order valence-corrected chi connectivity index (χ4v) is 2.97. The Balaban J connectivity index is 1.73. The predicted octanol–water partition coefficient (Wildman–Crippen LogP) is 3.84. The van der Waals surface area contributed by atoms with Gasteiger partial charge in [-0.2, -0.15) is 0 Å². The summed E-state index contributed by atoms with van der Waals surface area (Å²) < 4.78 is 5.62. The van der Waals surface area contributed by atoms with Gasteiger partial charge in [-0.05, 0) is 55.7 Å². The molecule has 1 heterocycles. The molecule has 2 nitrogen and oxygen atoms in total.